The van der Waals surface area contributed by atoms with Gasteiger partial charge in [0.15, 0.2) is 0 Å². The molecule has 106 valence electrons. The third-order valence-corrected chi connectivity index (χ3v) is 4.08. The fraction of sp³-hybridized carbons (Fsp3) is 0.235. The SMILES string of the molecule is c1cc2cc(-c3ccc(N4CCNCC4)cc3)cnc2[nH]1. The van der Waals surface area contributed by atoms with E-state index in [1.54, 1.807) is 0 Å². The number of pyridine rings is 1. The van der Waals surface area contributed by atoms with Crippen molar-refractivity contribution in [1.29, 1.82) is 0 Å². The molecule has 1 fully saturated rings. The van der Waals surface area contributed by atoms with Crippen LogP contribution in [0.25, 0.3) is 22.2 Å². The Morgan fingerprint density at radius 3 is 2.57 bits per heavy atom. The van der Waals surface area contributed by atoms with E-state index in [0.717, 1.165) is 42.8 Å². The van der Waals surface area contributed by atoms with Gasteiger partial charge < -0.3 is 15.2 Å². The molecule has 2 aromatic heterocycles. The Kier molecular flexibility index (Phi) is 3.09. The zero-order valence-electron chi connectivity index (χ0n) is 11.8. The lowest BCUT2D eigenvalue weighted by Gasteiger charge is -2.29. The number of fused-ring (bicyclic) bond motifs is 1. The Labute approximate surface area is 123 Å². The van der Waals surface area contributed by atoms with Crippen LogP contribution in [-0.4, -0.2) is 36.1 Å². The lowest BCUT2D eigenvalue weighted by Crippen LogP contribution is -2.43. The van der Waals surface area contributed by atoms with Crippen LogP contribution in [0.4, 0.5) is 5.69 Å². The molecule has 0 amide bonds. The fourth-order valence-electron chi connectivity index (χ4n) is 2.89. The summed E-state index contributed by atoms with van der Waals surface area (Å²) in [6.45, 7) is 4.29. The molecule has 4 heteroatoms. The van der Waals surface area contributed by atoms with Crippen molar-refractivity contribution in [2.45, 2.75) is 0 Å². The van der Waals surface area contributed by atoms with E-state index < -0.39 is 0 Å². The summed E-state index contributed by atoms with van der Waals surface area (Å²) in [6, 6.07) is 13.0. The van der Waals surface area contributed by atoms with E-state index in [0.29, 0.717) is 0 Å². The fourth-order valence-corrected chi connectivity index (χ4v) is 2.89. The van der Waals surface area contributed by atoms with Crippen LogP contribution in [0.3, 0.4) is 0 Å². The molecule has 1 saturated heterocycles. The molecular formula is C17H18N4. The van der Waals surface area contributed by atoms with Crippen LogP contribution in [0.2, 0.25) is 0 Å². The molecule has 0 bridgehead atoms. The summed E-state index contributed by atoms with van der Waals surface area (Å²) in [5.41, 5.74) is 4.62. The van der Waals surface area contributed by atoms with E-state index in [4.69, 9.17) is 0 Å². The van der Waals surface area contributed by atoms with Gasteiger partial charge in [-0.25, -0.2) is 4.98 Å². The molecule has 1 aromatic carbocycles. The number of rotatable bonds is 2. The van der Waals surface area contributed by atoms with Gasteiger partial charge in [-0.15, -0.1) is 0 Å². The van der Waals surface area contributed by atoms with E-state index in [9.17, 15) is 0 Å². The molecule has 3 aromatic rings. The molecule has 0 radical (unpaired) electrons. The number of benzene rings is 1. The summed E-state index contributed by atoms with van der Waals surface area (Å²) in [5.74, 6) is 0. The van der Waals surface area contributed by atoms with Crippen molar-refractivity contribution in [3.8, 4) is 11.1 Å². The maximum atomic E-state index is 4.46. The van der Waals surface area contributed by atoms with Crippen molar-refractivity contribution in [3.63, 3.8) is 0 Å². The van der Waals surface area contributed by atoms with E-state index in [1.165, 1.54) is 11.3 Å². The van der Waals surface area contributed by atoms with Crippen molar-refractivity contribution in [2.75, 3.05) is 31.1 Å². The van der Waals surface area contributed by atoms with Gasteiger partial charge in [-0.05, 0) is 29.8 Å². The van der Waals surface area contributed by atoms with E-state index >= 15 is 0 Å². The molecule has 1 aliphatic heterocycles. The quantitative estimate of drug-likeness (QED) is 0.757. The molecule has 4 nitrogen and oxygen atoms in total. The predicted molar refractivity (Wildman–Crippen MR) is 86.6 cm³/mol. The van der Waals surface area contributed by atoms with Gasteiger partial charge in [0.05, 0.1) is 0 Å². The molecule has 4 rings (SSSR count). The van der Waals surface area contributed by atoms with E-state index in [2.05, 4.69) is 56.6 Å². The molecule has 21 heavy (non-hydrogen) atoms. The zero-order chi connectivity index (χ0) is 14.1. The van der Waals surface area contributed by atoms with Gasteiger partial charge in [0.25, 0.3) is 0 Å². The average molecular weight is 278 g/mol. The lowest BCUT2D eigenvalue weighted by molar-refractivity contribution is 0.589. The molecule has 0 aliphatic carbocycles. The Bertz CT molecular complexity index is 739. The smallest absolute Gasteiger partial charge is 0.137 e. The first kappa shape index (κ1) is 12.4. The summed E-state index contributed by atoms with van der Waals surface area (Å²) in [5, 5.41) is 4.53. The van der Waals surface area contributed by atoms with Crippen LogP contribution in [0.15, 0.2) is 48.8 Å². The summed E-state index contributed by atoms with van der Waals surface area (Å²) in [4.78, 5) is 10.0. The van der Waals surface area contributed by atoms with Crippen LogP contribution in [0, 0.1) is 0 Å². The molecule has 0 saturated carbocycles. The summed E-state index contributed by atoms with van der Waals surface area (Å²) >= 11 is 0. The number of aromatic amines is 1. The molecule has 0 spiro atoms. The van der Waals surface area contributed by atoms with Gasteiger partial charge in [-0.3, -0.25) is 0 Å². The Hall–Kier alpha value is -2.33. The molecule has 3 heterocycles. The number of H-pyrrole nitrogens is 1. The van der Waals surface area contributed by atoms with Crippen molar-refractivity contribution >= 4 is 16.7 Å². The van der Waals surface area contributed by atoms with Crippen LogP contribution in [-0.2, 0) is 0 Å². The number of piperazine rings is 1. The predicted octanol–water partition coefficient (Wildman–Crippen LogP) is 2.64. The van der Waals surface area contributed by atoms with Crippen molar-refractivity contribution < 1.29 is 0 Å². The second-order valence-electron chi connectivity index (χ2n) is 5.42. The van der Waals surface area contributed by atoms with E-state index in [1.807, 2.05) is 12.4 Å². The number of aromatic nitrogens is 2. The zero-order valence-corrected chi connectivity index (χ0v) is 11.8. The molecular weight excluding hydrogens is 260 g/mol. The number of nitrogens with one attached hydrogen (secondary N) is 2. The van der Waals surface area contributed by atoms with Crippen molar-refractivity contribution in [3.05, 3.63) is 48.8 Å². The third kappa shape index (κ3) is 2.38. The Balaban J connectivity index is 1.62. The lowest BCUT2D eigenvalue weighted by atomic mass is 10.1. The normalized spacial score (nSPS) is 15.5. The summed E-state index contributed by atoms with van der Waals surface area (Å²) < 4.78 is 0. The summed E-state index contributed by atoms with van der Waals surface area (Å²) in [7, 11) is 0. The van der Waals surface area contributed by atoms with Gasteiger partial charge in [-0.1, -0.05) is 12.1 Å². The highest BCUT2D eigenvalue weighted by molar-refractivity contribution is 5.81. The Morgan fingerprint density at radius 2 is 1.76 bits per heavy atom. The van der Waals surface area contributed by atoms with Crippen molar-refractivity contribution in [1.82, 2.24) is 15.3 Å². The monoisotopic (exact) mass is 278 g/mol. The van der Waals surface area contributed by atoms with E-state index in [-0.39, 0.29) is 0 Å². The van der Waals surface area contributed by atoms with Crippen LogP contribution in [0.5, 0.6) is 0 Å². The minimum Gasteiger partial charge on any atom is -0.369 e. The van der Waals surface area contributed by atoms with Gasteiger partial charge in [0.1, 0.15) is 5.65 Å². The molecule has 0 atom stereocenters. The number of anilines is 1. The maximum absolute atomic E-state index is 4.46. The number of hydrogen-bond donors (Lipinski definition) is 2. The largest absolute Gasteiger partial charge is 0.369 e. The average Bonchev–Trinajstić information content (AvgIpc) is 3.03. The van der Waals surface area contributed by atoms with Crippen LogP contribution in [0.1, 0.15) is 0 Å². The molecule has 1 aliphatic rings. The minimum absolute atomic E-state index is 0.941. The van der Waals surface area contributed by atoms with Crippen molar-refractivity contribution in [2.24, 2.45) is 0 Å². The van der Waals surface area contributed by atoms with Crippen LogP contribution < -0.4 is 10.2 Å². The second-order valence-corrected chi connectivity index (χ2v) is 5.42. The van der Waals surface area contributed by atoms with Crippen LogP contribution >= 0.6 is 0 Å². The number of nitrogens with zero attached hydrogens (tertiary/aromatic N) is 2. The first-order chi connectivity index (χ1) is 10.4. The first-order valence-electron chi connectivity index (χ1n) is 7.39. The third-order valence-electron chi connectivity index (χ3n) is 4.08. The topological polar surface area (TPSA) is 44.0 Å². The van der Waals surface area contributed by atoms with Gasteiger partial charge in [0, 0.05) is 55.2 Å². The standard InChI is InChI=1S/C17H18N4/c1-3-16(21-9-7-18-8-10-21)4-2-13(1)15-11-14-5-6-19-17(14)20-12-15/h1-6,11-12,18H,7-10H2,(H,19,20). The maximum Gasteiger partial charge on any atom is 0.137 e. The molecule has 2 N–H and O–H groups in total. The summed E-state index contributed by atoms with van der Waals surface area (Å²) in [6.07, 6.45) is 3.85. The highest BCUT2D eigenvalue weighted by atomic mass is 15.2. The highest BCUT2D eigenvalue weighted by Crippen LogP contribution is 2.25. The van der Waals surface area contributed by atoms with Gasteiger partial charge in [-0.2, -0.15) is 0 Å². The highest BCUT2D eigenvalue weighted by Gasteiger charge is 2.10. The van der Waals surface area contributed by atoms with Gasteiger partial charge in [0.2, 0.25) is 0 Å². The number of hydrogen-bond acceptors (Lipinski definition) is 3. The molecule has 0 unspecified atom stereocenters. The van der Waals surface area contributed by atoms with Gasteiger partial charge >= 0.3 is 0 Å². The first-order valence-corrected chi connectivity index (χ1v) is 7.39. The second kappa shape index (κ2) is 5.22. The minimum atomic E-state index is 0.941. The Morgan fingerprint density at radius 1 is 0.952 bits per heavy atom.